The van der Waals surface area contributed by atoms with Gasteiger partial charge in [0.25, 0.3) is 5.91 Å². The Morgan fingerprint density at radius 1 is 1.14 bits per heavy atom. The molecular weight excluding hydrogens is 480 g/mol. The fourth-order valence-electron chi connectivity index (χ4n) is 4.97. The summed E-state index contributed by atoms with van der Waals surface area (Å²) in [6.07, 6.45) is 2.73. The summed E-state index contributed by atoms with van der Waals surface area (Å²) in [7, 11) is 1.82. The lowest BCUT2D eigenvalue weighted by Gasteiger charge is -2.31. The van der Waals surface area contributed by atoms with E-state index in [4.69, 9.17) is 4.74 Å². The number of rotatable bonds is 5. The average Bonchev–Trinajstić information content (AvgIpc) is 3.27. The Morgan fingerprint density at radius 3 is 2.51 bits per heavy atom. The maximum Gasteiger partial charge on any atom is 0.407 e. The van der Waals surface area contributed by atoms with E-state index in [-0.39, 0.29) is 17.5 Å². The van der Waals surface area contributed by atoms with Crippen molar-refractivity contribution in [3.05, 3.63) is 59.3 Å². The summed E-state index contributed by atoms with van der Waals surface area (Å²) < 4.78 is 34.1. The van der Waals surface area contributed by atoms with Crippen LogP contribution in [0.25, 0.3) is 0 Å². The first-order valence-electron chi connectivity index (χ1n) is 12.6. The van der Waals surface area contributed by atoms with Crippen LogP contribution in [0.2, 0.25) is 0 Å². The number of ether oxygens (including phenoxy) is 1. The molecule has 2 aliphatic heterocycles. The van der Waals surface area contributed by atoms with Crippen molar-refractivity contribution in [3.63, 3.8) is 0 Å². The molecule has 2 N–H and O–H groups in total. The van der Waals surface area contributed by atoms with Crippen LogP contribution in [0.3, 0.4) is 0 Å². The summed E-state index contributed by atoms with van der Waals surface area (Å²) in [4.78, 5) is 33.7. The molecule has 2 amide bonds. The molecule has 8 nitrogen and oxygen atoms in total. The normalized spacial score (nSPS) is 20.5. The van der Waals surface area contributed by atoms with Gasteiger partial charge in [-0.05, 0) is 82.6 Å². The van der Waals surface area contributed by atoms with Gasteiger partial charge in [0.15, 0.2) is 0 Å². The van der Waals surface area contributed by atoms with E-state index < -0.39 is 35.3 Å². The zero-order valence-corrected chi connectivity index (χ0v) is 21.8. The maximum absolute atomic E-state index is 14.7. The lowest BCUT2D eigenvalue weighted by molar-refractivity contribution is 0.0504. The van der Waals surface area contributed by atoms with Gasteiger partial charge in [-0.25, -0.2) is 18.6 Å². The van der Waals surface area contributed by atoms with E-state index in [1.165, 1.54) is 6.07 Å². The van der Waals surface area contributed by atoms with Gasteiger partial charge < -0.3 is 25.2 Å². The fourth-order valence-corrected chi connectivity index (χ4v) is 4.97. The number of amides is 2. The van der Waals surface area contributed by atoms with Crippen LogP contribution in [0.5, 0.6) is 0 Å². The van der Waals surface area contributed by atoms with E-state index in [1.54, 1.807) is 44.0 Å². The van der Waals surface area contributed by atoms with Crippen molar-refractivity contribution >= 4 is 17.8 Å². The molecule has 2 aliphatic rings. The zero-order chi connectivity index (χ0) is 26.7. The van der Waals surface area contributed by atoms with E-state index in [2.05, 4.69) is 15.6 Å². The lowest BCUT2D eigenvalue weighted by Crippen LogP contribution is -2.44. The van der Waals surface area contributed by atoms with Crippen LogP contribution in [0.15, 0.2) is 36.5 Å². The molecule has 1 aromatic carbocycles. The molecular formula is C27H35F2N5O3. The highest BCUT2D eigenvalue weighted by Crippen LogP contribution is 2.33. The first-order valence-corrected chi connectivity index (χ1v) is 12.6. The highest BCUT2D eigenvalue weighted by Gasteiger charge is 2.38. The van der Waals surface area contributed by atoms with Crippen molar-refractivity contribution in [2.75, 3.05) is 38.1 Å². The molecule has 10 heteroatoms. The molecule has 0 unspecified atom stereocenters. The molecule has 1 aromatic heterocycles. The van der Waals surface area contributed by atoms with Gasteiger partial charge in [-0.2, -0.15) is 0 Å². The molecule has 2 saturated heterocycles. The number of anilines is 1. The standard InChI is InChI=1S/C27H35F2N5O3/c1-27(2,3)37-26(36)32-23-16-34(15-21(23)20-13-18(28)6-7-22(20)29)24-8-5-17(14-31-24)25(35)33(4)19-9-11-30-12-10-19/h5-8,13-14,19,21,23,30H,9-12,15-16H2,1-4H3,(H,32,36)/t21-,23+/m1/s1. The zero-order valence-electron chi connectivity index (χ0n) is 21.8. The van der Waals surface area contributed by atoms with Gasteiger partial charge in [-0.15, -0.1) is 0 Å². The quantitative estimate of drug-likeness (QED) is 0.632. The average molecular weight is 516 g/mol. The minimum atomic E-state index is -0.701. The highest BCUT2D eigenvalue weighted by molar-refractivity contribution is 5.94. The second-order valence-electron chi connectivity index (χ2n) is 10.7. The number of hydrogen-bond donors (Lipinski definition) is 2. The van der Waals surface area contributed by atoms with E-state index in [1.807, 2.05) is 11.9 Å². The number of halogens is 2. The summed E-state index contributed by atoms with van der Waals surface area (Å²) in [6.45, 7) is 7.66. The van der Waals surface area contributed by atoms with E-state index >= 15 is 0 Å². The number of pyridine rings is 1. The summed E-state index contributed by atoms with van der Waals surface area (Å²) in [5, 5.41) is 6.13. The fraction of sp³-hybridized carbons (Fsp3) is 0.519. The molecule has 3 heterocycles. The molecule has 4 rings (SSSR count). The van der Waals surface area contributed by atoms with Crippen molar-refractivity contribution in [2.24, 2.45) is 0 Å². The van der Waals surface area contributed by atoms with Gasteiger partial charge in [0.05, 0.1) is 11.6 Å². The molecule has 2 fully saturated rings. The third-order valence-electron chi connectivity index (χ3n) is 6.88. The predicted octanol–water partition coefficient (Wildman–Crippen LogP) is 3.68. The topological polar surface area (TPSA) is 86.8 Å². The van der Waals surface area contributed by atoms with Crippen LogP contribution < -0.4 is 15.5 Å². The molecule has 0 aliphatic carbocycles. The Hall–Kier alpha value is -3.27. The van der Waals surface area contributed by atoms with Gasteiger partial charge in [-0.3, -0.25) is 4.79 Å². The van der Waals surface area contributed by atoms with Gasteiger partial charge in [0.1, 0.15) is 23.1 Å². The largest absolute Gasteiger partial charge is 0.444 e. The summed E-state index contributed by atoms with van der Waals surface area (Å²) in [6, 6.07) is 6.45. The first kappa shape index (κ1) is 26.8. The second-order valence-corrected chi connectivity index (χ2v) is 10.7. The predicted molar refractivity (Wildman–Crippen MR) is 137 cm³/mol. The number of benzene rings is 1. The Bertz CT molecular complexity index is 1120. The monoisotopic (exact) mass is 515 g/mol. The molecule has 200 valence electrons. The third-order valence-corrected chi connectivity index (χ3v) is 6.88. The number of nitrogens with zero attached hydrogens (tertiary/aromatic N) is 3. The number of hydrogen-bond acceptors (Lipinski definition) is 6. The smallest absolute Gasteiger partial charge is 0.407 e. The van der Waals surface area contributed by atoms with Gasteiger partial charge in [0.2, 0.25) is 0 Å². The number of alkyl carbamates (subject to hydrolysis) is 1. The van der Waals surface area contributed by atoms with Crippen molar-refractivity contribution in [1.82, 2.24) is 20.5 Å². The maximum atomic E-state index is 14.7. The van der Waals surface area contributed by atoms with E-state index in [0.717, 1.165) is 38.1 Å². The molecule has 2 aromatic rings. The number of carbonyl (C=O) groups excluding carboxylic acids is 2. The van der Waals surface area contributed by atoms with Crippen molar-refractivity contribution < 1.29 is 23.1 Å². The molecule has 0 saturated carbocycles. The highest BCUT2D eigenvalue weighted by atomic mass is 19.1. The SMILES string of the molecule is CN(C(=O)c1ccc(N2C[C@H](NC(=O)OC(C)(C)C)[C@@H](c3cc(F)ccc3F)C2)nc1)C1CCNCC1. The van der Waals surface area contributed by atoms with Crippen molar-refractivity contribution in [2.45, 2.75) is 57.2 Å². The summed E-state index contributed by atoms with van der Waals surface area (Å²) in [5.41, 5.74) is -0.0354. The van der Waals surface area contributed by atoms with Gasteiger partial charge >= 0.3 is 6.09 Å². The first-order chi connectivity index (χ1) is 17.5. The second kappa shape index (κ2) is 11.0. The summed E-state index contributed by atoms with van der Waals surface area (Å²) in [5.74, 6) is -1.13. The van der Waals surface area contributed by atoms with Gasteiger partial charge in [0, 0.05) is 38.3 Å². The van der Waals surface area contributed by atoms with Crippen molar-refractivity contribution in [1.29, 1.82) is 0 Å². The lowest BCUT2D eigenvalue weighted by atomic mass is 9.94. The number of carbonyl (C=O) groups is 2. The van der Waals surface area contributed by atoms with Crippen LogP contribution in [-0.4, -0.2) is 72.8 Å². The minimum Gasteiger partial charge on any atom is -0.444 e. The van der Waals surface area contributed by atoms with E-state index in [9.17, 15) is 18.4 Å². The van der Waals surface area contributed by atoms with Crippen LogP contribution in [0.1, 0.15) is 55.5 Å². The van der Waals surface area contributed by atoms with Crippen LogP contribution in [0.4, 0.5) is 19.4 Å². The molecule has 37 heavy (non-hydrogen) atoms. The Balaban J connectivity index is 1.52. The van der Waals surface area contributed by atoms with Crippen molar-refractivity contribution in [3.8, 4) is 0 Å². The van der Waals surface area contributed by atoms with Crippen LogP contribution in [-0.2, 0) is 4.74 Å². The number of piperidine rings is 1. The number of aromatic nitrogens is 1. The molecule has 0 bridgehead atoms. The molecule has 0 radical (unpaired) electrons. The van der Waals surface area contributed by atoms with E-state index in [0.29, 0.717) is 24.5 Å². The summed E-state index contributed by atoms with van der Waals surface area (Å²) >= 11 is 0. The van der Waals surface area contributed by atoms with Crippen LogP contribution >= 0.6 is 0 Å². The molecule has 0 spiro atoms. The molecule has 2 atom stereocenters. The number of nitrogens with one attached hydrogen (secondary N) is 2. The Labute approximate surface area is 216 Å². The minimum absolute atomic E-state index is 0.0865. The van der Waals surface area contributed by atoms with Gasteiger partial charge in [-0.1, -0.05) is 0 Å². The Morgan fingerprint density at radius 2 is 1.86 bits per heavy atom. The van der Waals surface area contributed by atoms with Crippen LogP contribution in [0, 0.1) is 11.6 Å². The Kier molecular flexibility index (Phi) is 7.96. The third kappa shape index (κ3) is 6.54.